The van der Waals surface area contributed by atoms with Gasteiger partial charge in [-0.25, -0.2) is 10.8 Å². The number of alkyl halides is 3. The van der Waals surface area contributed by atoms with E-state index in [-0.39, 0.29) is 10.6 Å². The predicted octanol–water partition coefficient (Wildman–Crippen LogP) is 3.36. The normalized spacial score (nSPS) is 12.1. The molecule has 2 aromatic rings. The molecule has 8 heteroatoms. The summed E-state index contributed by atoms with van der Waals surface area (Å²) in [5.41, 5.74) is 1.38. The number of hydrogen-bond acceptors (Lipinski definition) is 4. The van der Waals surface area contributed by atoms with Gasteiger partial charge in [0.05, 0.1) is 15.8 Å². The molecule has 1 heterocycles. The molecule has 0 saturated heterocycles. The second kappa shape index (κ2) is 3.86. The maximum Gasteiger partial charge on any atom is 0.418 e. The standard InChI is InChI=1S/C8H5BrF3N3S/c9-3-1-4(8(10,11)12)6-5(2-3)16-7(14-6)15-13/h1-2H,13H2,(H,14,15). The molecular weight excluding hydrogens is 307 g/mol. The van der Waals surface area contributed by atoms with Gasteiger partial charge in [-0.15, -0.1) is 0 Å². The van der Waals surface area contributed by atoms with Crippen molar-refractivity contribution in [3.8, 4) is 0 Å². The Morgan fingerprint density at radius 2 is 2.06 bits per heavy atom. The number of nitrogen functional groups attached to an aromatic ring is 1. The van der Waals surface area contributed by atoms with Crippen molar-refractivity contribution in [2.45, 2.75) is 6.18 Å². The van der Waals surface area contributed by atoms with Crippen LogP contribution in [0.1, 0.15) is 5.56 Å². The molecule has 1 aromatic carbocycles. The highest BCUT2D eigenvalue weighted by Gasteiger charge is 2.34. The fourth-order valence-corrected chi connectivity index (χ4v) is 2.73. The van der Waals surface area contributed by atoms with Crippen LogP contribution in [0.25, 0.3) is 10.2 Å². The molecule has 3 nitrogen and oxygen atoms in total. The van der Waals surface area contributed by atoms with E-state index in [1.54, 1.807) is 6.07 Å². The van der Waals surface area contributed by atoms with E-state index in [2.05, 4.69) is 26.3 Å². The molecule has 0 radical (unpaired) electrons. The van der Waals surface area contributed by atoms with Crippen molar-refractivity contribution < 1.29 is 13.2 Å². The molecule has 0 aliphatic heterocycles. The molecule has 0 bridgehead atoms. The van der Waals surface area contributed by atoms with E-state index in [9.17, 15) is 13.2 Å². The van der Waals surface area contributed by atoms with E-state index in [0.29, 0.717) is 9.17 Å². The molecule has 1 aromatic heterocycles. The van der Waals surface area contributed by atoms with Crippen molar-refractivity contribution in [3.05, 3.63) is 22.2 Å². The second-order valence-corrected chi connectivity index (χ2v) is 4.91. The number of hydrogen-bond donors (Lipinski definition) is 2. The number of halogens is 4. The predicted molar refractivity (Wildman–Crippen MR) is 60.1 cm³/mol. The quantitative estimate of drug-likeness (QED) is 0.627. The van der Waals surface area contributed by atoms with Crippen molar-refractivity contribution in [3.63, 3.8) is 0 Å². The lowest BCUT2D eigenvalue weighted by Gasteiger charge is -2.07. The first-order chi connectivity index (χ1) is 7.41. The zero-order valence-electron chi connectivity index (χ0n) is 7.60. The van der Waals surface area contributed by atoms with E-state index in [0.717, 1.165) is 17.4 Å². The zero-order valence-corrected chi connectivity index (χ0v) is 10.0. The van der Waals surface area contributed by atoms with Gasteiger partial charge in [0, 0.05) is 4.47 Å². The Bertz CT molecular complexity index is 537. The van der Waals surface area contributed by atoms with Gasteiger partial charge in [-0.1, -0.05) is 27.3 Å². The summed E-state index contributed by atoms with van der Waals surface area (Å²) in [6.45, 7) is 0. The molecule has 0 saturated carbocycles. The zero-order chi connectivity index (χ0) is 11.9. The highest BCUT2D eigenvalue weighted by molar-refractivity contribution is 9.10. The molecule has 0 atom stereocenters. The van der Waals surface area contributed by atoms with Crippen molar-refractivity contribution in [1.29, 1.82) is 0 Å². The first kappa shape index (κ1) is 11.6. The third-order valence-electron chi connectivity index (χ3n) is 1.89. The summed E-state index contributed by atoms with van der Waals surface area (Å²) in [5, 5.41) is 0.249. The molecular formula is C8H5BrF3N3S. The van der Waals surface area contributed by atoms with Gasteiger partial charge in [-0.3, -0.25) is 5.43 Å². The van der Waals surface area contributed by atoms with Gasteiger partial charge in [0.1, 0.15) is 0 Å². The molecule has 0 unspecified atom stereocenters. The summed E-state index contributed by atoms with van der Waals surface area (Å²) in [5.74, 6) is 5.12. The smallest absolute Gasteiger partial charge is 0.300 e. The summed E-state index contributed by atoms with van der Waals surface area (Å²) in [6, 6.07) is 2.57. The Hall–Kier alpha value is -0.860. The van der Waals surface area contributed by atoms with Crippen LogP contribution < -0.4 is 11.3 Å². The second-order valence-electron chi connectivity index (χ2n) is 2.96. The third kappa shape index (κ3) is 2.00. The number of thiazole rings is 1. The lowest BCUT2D eigenvalue weighted by Crippen LogP contribution is -2.07. The number of rotatable bonds is 1. The van der Waals surface area contributed by atoms with Gasteiger partial charge in [0.2, 0.25) is 0 Å². The lowest BCUT2D eigenvalue weighted by atomic mass is 10.2. The molecule has 0 aliphatic rings. The average Bonchev–Trinajstić information content (AvgIpc) is 2.57. The first-order valence-electron chi connectivity index (χ1n) is 4.05. The highest BCUT2D eigenvalue weighted by Crippen LogP contribution is 2.39. The van der Waals surface area contributed by atoms with Gasteiger partial charge in [-0.05, 0) is 12.1 Å². The number of nitrogens with one attached hydrogen (secondary N) is 1. The minimum atomic E-state index is -4.43. The highest BCUT2D eigenvalue weighted by atomic mass is 79.9. The van der Waals surface area contributed by atoms with Gasteiger partial charge in [0.25, 0.3) is 0 Å². The largest absolute Gasteiger partial charge is 0.418 e. The van der Waals surface area contributed by atoms with Crippen LogP contribution in [0.5, 0.6) is 0 Å². The van der Waals surface area contributed by atoms with Gasteiger partial charge < -0.3 is 0 Å². The Morgan fingerprint density at radius 3 is 2.62 bits per heavy atom. The van der Waals surface area contributed by atoms with Crippen LogP contribution in [0.3, 0.4) is 0 Å². The molecule has 3 N–H and O–H groups in total. The van der Waals surface area contributed by atoms with E-state index in [1.807, 2.05) is 0 Å². The first-order valence-corrected chi connectivity index (χ1v) is 5.66. The average molecular weight is 312 g/mol. The Morgan fingerprint density at radius 1 is 1.38 bits per heavy atom. The van der Waals surface area contributed by atoms with Gasteiger partial charge in [-0.2, -0.15) is 13.2 Å². The number of hydrazine groups is 1. The summed E-state index contributed by atoms with van der Waals surface area (Å²) >= 11 is 4.10. The molecule has 0 amide bonds. The van der Waals surface area contributed by atoms with E-state index in [1.165, 1.54) is 0 Å². The lowest BCUT2D eigenvalue weighted by molar-refractivity contribution is -0.136. The molecule has 2 rings (SSSR count). The minimum Gasteiger partial charge on any atom is -0.300 e. The van der Waals surface area contributed by atoms with Crippen molar-refractivity contribution in [2.24, 2.45) is 5.84 Å². The number of anilines is 1. The number of fused-ring (bicyclic) bond motifs is 1. The van der Waals surface area contributed by atoms with Crippen LogP contribution in [0.15, 0.2) is 16.6 Å². The minimum absolute atomic E-state index is 0.0892. The third-order valence-corrected chi connectivity index (χ3v) is 3.28. The molecule has 0 spiro atoms. The Kier molecular flexibility index (Phi) is 2.81. The van der Waals surface area contributed by atoms with Crippen LogP contribution in [0.4, 0.5) is 18.3 Å². The monoisotopic (exact) mass is 311 g/mol. The summed E-state index contributed by atoms with van der Waals surface area (Å²) in [4.78, 5) is 3.78. The summed E-state index contributed by atoms with van der Waals surface area (Å²) in [6.07, 6.45) is -4.43. The molecule has 0 aliphatic carbocycles. The van der Waals surface area contributed by atoms with E-state index < -0.39 is 11.7 Å². The Balaban J connectivity index is 2.76. The number of benzene rings is 1. The summed E-state index contributed by atoms with van der Waals surface area (Å²) < 4.78 is 38.9. The van der Waals surface area contributed by atoms with E-state index >= 15 is 0 Å². The van der Waals surface area contributed by atoms with E-state index in [4.69, 9.17) is 5.84 Å². The molecule has 86 valence electrons. The summed E-state index contributed by atoms with van der Waals surface area (Å²) in [7, 11) is 0. The number of nitrogens with two attached hydrogens (primary N) is 1. The van der Waals surface area contributed by atoms with Crippen LogP contribution >= 0.6 is 27.3 Å². The maximum atomic E-state index is 12.7. The van der Waals surface area contributed by atoms with Gasteiger partial charge >= 0.3 is 6.18 Å². The van der Waals surface area contributed by atoms with Crippen molar-refractivity contribution in [1.82, 2.24) is 4.98 Å². The van der Waals surface area contributed by atoms with Crippen molar-refractivity contribution in [2.75, 3.05) is 5.43 Å². The maximum absolute atomic E-state index is 12.7. The molecule has 16 heavy (non-hydrogen) atoms. The van der Waals surface area contributed by atoms with Crippen LogP contribution in [0, 0.1) is 0 Å². The fraction of sp³-hybridized carbons (Fsp3) is 0.125. The topological polar surface area (TPSA) is 50.9 Å². The SMILES string of the molecule is NNc1nc2c(C(F)(F)F)cc(Br)cc2s1. The number of nitrogens with zero attached hydrogens (tertiary/aromatic N) is 1. The van der Waals surface area contributed by atoms with Crippen LogP contribution in [-0.2, 0) is 6.18 Å². The van der Waals surface area contributed by atoms with Gasteiger partial charge in [0.15, 0.2) is 5.13 Å². The Labute approximate surface area is 101 Å². The van der Waals surface area contributed by atoms with Crippen LogP contribution in [0.2, 0.25) is 0 Å². The van der Waals surface area contributed by atoms with Crippen molar-refractivity contribution >= 4 is 42.6 Å². The fourth-order valence-electron chi connectivity index (χ4n) is 1.27. The number of aromatic nitrogens is 1. The van der Waals surface area contributed by atoms with Crippen LogP contribution in [-0.4, -0.2) is 4.98 Å². The molecule has 0 fully saturated rings.